The zero-order valence-electron chi connectivity index (χ0n) is 14.4. The van der Waals surface area contributed by atoms with Crippen LogP contribution in [0.4, 0.5) is 19.0 Å². The van der Waals surface area contributed by atoms with Gasteiger partial charge >= 0.3 is 6.18 Å². The largest absolute Gasteiger partial charge is 0.416 e. The molecule has 0 fully saturated rings. The van der Waals surface area contributed by atoms with E-state index < -0.39 is 11.7 Å². The number of alkyl halides is 3. The minimum Gasteiger partial charge on any atom is -0.310 e. The van der Waals surface area contributed by atoms with Gasteiger partial charge in [0.15, 0.2) is 0 Å². The molecule has 1 aromatic heterocycles. The van der Waals surface area contributed by atoms with E-state index in [4.69, 9.17) is 5.26 Å². The number of carbonyl (C=O) groups excluding carboxylic acids is 1. The highest BCUT2D eigenvalue weighted by molar-refractivity contribution is 5.94. The van der Waals surface area contributed by atoms with Gasteiger partial charge in [-0.15, -0.1) is 0 Å². The zero-order valence-corrected chi connectivity index (χ0v) is 14.4. The predicted octanol–water partition coefficient (Wildman–Crippen LogP) is 4.24. The number of imidazole rings is 1. The number of halogens is 3. The van der Waals surface area contributed by atoms with Crippen LogP contribution in [0.1, 0.15) is 34.7 Å². The van der Waals surface area contributed by atoms with Crippen molar-refractivity contribution in [3.63, 3.8) is 0 Å². The lowest BCUT2D eigenvalue weighted by Crippen LogP contribution is -2.24. The SMILES string of the molecule is N#Cc1ccc([C@@H]2CC(=O)Nc3c2ncn3-c2ccc(C(F)(F)F)cc2)cc1. The number of anilines is 1. The van der Waals surface area contributed by atoms with Gasteiger partial charge in [-0.05, 0) is 42.0 Å². The van der Waals surface area contributed by atoms with Crippen LogP contribution >= 0.6 is 0 Å². The summed E-state index contributed by atoms with van der Waals surface area (Å²) in [5, 5.41) is 11.7. The van der Waals surface area contributed by atoms with Crippen molar-refractivity contribution in [1.29, 1.82) is 5.26 Å². The van der Waals surface area contributed by atoms with Crippen LogP contribution in [-0.4, -0.2) is 15.5 Å². The molecule has 0 spiro atoms. The fraction of sp³-hybridized carbons (Fsp3) is 0.150. The number of fused-ring (bicyclic) bond motifs is 1. The summed E-state index contributed by atoms with van der Waals surface area (Å²) in [6.45, 7) is 0. The average molecular weight is 382 g/mol. The van der Waals surface area contributed by atoms with E-state index >= 15 is 0 Å². The van der Waals surface area contributed by atoms with Gasteiger partial charge in [-0.3, -0.25) is 9.36 Å². The van der Waals surface area contributed by atoms with Gasteiger partial charge < -0.3 is 5.32 Å². The molecule has 8 heteroatoms. The van der Waals surface area contributed by atoms with Gasteiger partial charge in [0.1, 0.15) is 12.1 Å². The van der Waals surface area contributed by atoms with E-state index in [2.05, 4.69) is 10.3 Å². The van der Waals surface area contributed by atoms with Gasteiger partial charge in [0.05, 0.1) is 22.9 Å². The number of rotatable bonds is 2. The van der Waals surface area contributed by atoms with Crippen LogP contribution in [0.3, 0.4) is 0 Å². The third kappa shape index (κ3) is 3.11. The van der Waals surface area contributed by atoms with Gasteiger partial charge in [-0.25, -0.2) is 4.98 Å². The van der Waals surface area contributed by atoms with E-state index in [-0.39, 0.29) is 18.2 Å². The second-order valence-electron chi connectivity index (χ2n) is 6.43. The van der Waals surface area contributed by atoms with Crippen molar-refractivity contribution in [3.05, 3.63) is 77.2 Å². The summed E-state index contributed by atoms with van der Waals surface area (Å²) in [6.07, 6.45) is -2.74. The third-order valence-electron chi connectivity index (χ3n) is 4.69. The summed E-state index contributed by atoms with van der Waals surface area (Å²) in [6, 6.07) is 13.6. The summed E-state index contributed by atoms with van der Waals surface area (Å²) in [7, 11) is 0. The van der Waals surface area contributed by atoms with Crippen LogP contribution in [0.25, 0.3) is 5.69 Å². The fourth-order valence-electron chi connectivity index (χ4n) is 3.28. The van der Waals surface area contributed by atoms with Crippen molar-refractivity contribution < 1.29 is 18.0 Å². The Balaban J connectivity index is 1.73. The number of benzene rings is 2. The zero-order chi connectivity index (χ0) is 19.9. The number of hydrogen-bond acceptors (Lipinski definition) is 3. The Labute approximate surface area is 158 Å². The molecule has 1 atom stereocenters. The van der Waals surface area contributed by atoms with E-state index in [1.54, 1.807) is 28.8 Å². The number of nitriles is 1. The molecule has 0 saturated heterocycles. The number of hydrogen-bond donors (Lipinski definition) is 1. The molecule has 1 amide bonds. The summed E-state index contributed by atoms with van der Waals surface area (Å²) in [5.74, 6) is -0.0759. The summed E-state index contributed by atoms with van der Waals surface area (Å²) in [5.41, 5.74) is 1.70. The van der Waals surface area contributed by atoms with Crippen LogP contribution in [0.15, 0.2) is 54.9 Å². The maximum Gasteiger partial charge on any atom is 0.416 e. The van der Waals surface area contributed by atoms with Crippen LogP contribution in [-0.2, 0) is 11.0 Å². The highest BCUT2D eigenvalue weighted by atomic mass is 19.4. The standard InChI is InChI=1S/C20H13F3N4O/c21-20(22,23)14-5-7-15(8-6-14)27-11-25-18-16(9-17(28)26-19(18)27)13-3-1-12(10-24)2-4-13/h1-8,11,16H,9H2,(H,26,28)/t16-/m0/s1. The van der Waals surface area contributed by atoms with Crippen LogP contribution < -0.4 is 5.32 Å². The molecule has 1 aliphatic rings. The Kier molecular flexibility index (Phi) is 4.15. The Hall–Kier alpha value is -3.60. The van der Waals surface area contributed by atoms with E-state index in [0.717, 1.165) is 17.7 Å². The molecule has 5 nitrogen and oxygen atoms in total. The summed E-state index contributed by atoms with van der Waals surface area (Å²) >= 11 is 0. The molecule has 1 aliphatic heterocycles. The Morgan fingerprint density at radius 3 is 2.39 bits per heavy atom. The van der Waals surface area contributed by atoms with Gasteiger partial charge in [-0.1, -0.05) is 12.1 Å². The molecule has 0 radical (unpaired) electrons. The summed E-state index contributed by atoms with van der Waals surface area (Å²) < 4.78 is 39.9. The monoisotopic (exact) mass is 382 g/mol. The number of nitrogens with one attached hydrogen (secondary N) is 1. The lowest BCUT2D eigenvalue weighted by molar-refractivity contribution is -0.137. The molecule has 140 valence electrons. The van der Waals surface area contributed by atoms with Crippen molar-refractivity contribution in [2.45, 2.75) is 18.5 Å². The van der Waals surface area contributed by atoms with Gasteiger partial charge in [0.25, 0.3) is 0 Å². The van der Waals surface area contributed by atoms with Gasteiger partial charge in [0, 0.05) is 18.0 Å². The maximum absolute atomic E-state index is 12.8. The van der Waals surface area contributed by atoms with E-state index in [1.165, 1.54) is 18.5 Å². The number of nitrogens with zero attached hydrogens (tertiary/aromatic N) is 3. The number of aromatic nitrogens is 2. The molecule has 3 aromatic rings. The van der Waals surface area contributed by atoms with Crippen molar-refractivity contribution in [3.8, 4) is 11.8 Å². The van der Waals surface area contributed by atoms with E-state index in [1.807, 2.05) is 6.07 Å². The number of carbonyl (C=O) groups is 1. The van der Waals surface area contributed by atoms with E-state index in [9.17, 15) is 18.0 Å². The first kappa shape index (κ1) is 17.8. The summed E-state index contributed by atoms with van der Waals surface area (Å²) in [4.78, 5) is 16.6. The lowest BCUT2D eigenvalue weighted by Gasteiger charge is -2.23. The second-order valence-corrected chi connectivity index (χ2v) is 6.43. The topological polar surface area (TPSA) is 70.7 Å². The molecule has 2 heterocycles. The third-order valence-corrected chi connectivity index (χ3v) is 4.69. The minimum absolute atomic E-state index is 0.197. The fourth-order valence-corrected chi connectivity index (χ4v) is 3.28. The van der Waals surface area contributed by atoms with Crippen molar-refractivity contribution in [2.24, 2.45) is 0 Å². The second kappa shape index (κ2) is 6.53. The van der Waals surface area contributed by atoms with E-state index in [0.29, 0.717) is 22.8 Å². The van der Waals surface area contributed by atoms with Crippen molar-refractivity contribution in [1.82, 2.24) is 9.55 Å². The molecular formula is C20H13F3N4O. The molecule has 0 aliphatic carbocycles. The number of amides is 1. The predicted molar refractivity (Wildman–Crippen MR) is 94.8 cm³/mol. The van der Waals surface area contributed by atoms with Gasteiger partial charge in [-0.2, -0.15) is 18.4 Å². The van der Waals surface area contributed by atoms with Crippen LogP contribution in [0, 0.1) is 11.3 Å². The minimum atomic E-state index is -4.41. The quantitative estimate of drug-likeness (QED) is 0.721. The Morgan fingerprint density at radius 2 is 1.79 bits per heavy atom. The maximum atomic E-state index is 12.8. The Morgan fingerprint density at radius 1 is 1.11 bits per heavy atom. The molecule has 4 rings (SSSR count). The van der Waals surface area contributed by atoms with Crippen LogP contribution in [0.2, 0.25) is 0 Å². The highest BCUT2D eigenvalue weighted by Crippen LogP contribution is 2.37. The first-order valence-electron chi connectivity index (χ1n) is 8.41. The smallest absolute Gasteiger partial charge is 0.310 e. The molecule has 1 N–H and O–H groups in total. The van der Waals surface area contributed by atoms with Crippen molar-refractivity contribution >= 4 is 11.7 Å². The van der Waals surface area contributed by atoms with Crippen LogP contribution in [0.5, 0.6) is 0 Å². The molecule has 2 aromatic carbocycles. The molecule has 28 heavy (non-hydrogen) atoms. The highest BCUT2D eigenvalue weighted by Gasteiger charge is 2.32. The Bertz CT molecular complexity index is 1080. The lowest BCUT2D eigenvalue weighted by atomic mass is 9.89. The first-order chi connectivity index (χ1) is 13.4. The van der Waals surface area contributed by atoms with Crippen molar-refractivity contribution in [2.75, 3.05) is 5.32 Å². The first-order valence-corrected chi connectivity index (χ1v) is 8.41. The molecular weight excluding hydrogens is 369 g/mol. The molecule has 0 saturated carbocycles. The average Bonchev–Trinajstić information content (AvgIpc) is 3.10. The normalized spacial score (nSPS) is 16.2. The molecule has 0 unspecified atom stereocenters. The van der Waals surface area contributed by atoms with Gasteiger partial charge in [0.2, 0.25) is 5.91 Å². The molecule has 0 bridgehead atoms.